The summed E-state index contributed by atoms with van der Waals surface area (Å²) in [7, 11) is 4.20. The van der Waals surface area contributed by atoms with E-state index in [2.05, 4.69) is 48.8 Å². The zero-order valence-corrected chi connectivity index (χ0v) is 12.3. The molecule has 0 saturated heterocycles. The number of aromatic nitrogens is 1. The second-order valence-electron chi connectivity index (χ2n) is 4.26. The lowest BCUT2D eigenvalue weighted by atomic mass is 10.1. The van der Waals surface area contributed by atoms with Gasteiger partial charge in [-0.05, 0) is 20.0 Å². The SMILES string of the molecule is CC(C)c1nc(CCN(C)C)sc1CBr. The van der Waals surface area contributed by atoms with Gasteiger partial charge in [-0.3, -0.25) is 0 Å². The largest absolute Gasteiger partial charge is 0.309 e. The predicted octanol–water partition coefficient (Wildman–Crippen LogP) is 3.27. The smallest absolute Gasteiger partial charge is 0.0944 e. The highest BCUT2D eigenvalue weighted by Crippen LogP contribution is 2.27. The molecule has 0 fully saturated rings. The molecular formula is C11H19BrN2S. The number of thiazole rings is 1. The van der Waals surface area contributed by atoms with Gasteiger partial charge in [0.15, 0.2) is 0 Å². The van der Waals surface area contributed by atoms with Crippen molar-refractivity contribution in [2.45, 2.75) is 31.5 Å². The molecule has 0 saturated carbocycles. The van der Waals surface area contributed by atoms with Gasteiger partial charge in [0.1, 0.15) is 0 Å². The Labute approximate surface area is 105 Å². The highest BCUT2D eigenvalue weighted by atomic mass is 79.9. The molecule has 1 aromatic heterocycles. The lowest BCUT2D eigenvalue weighted by Gasteiger charge is -2.06. The molecule has 1 heterocycles. The first-order chi connectivity index (χ1) is 7.04. The fourth-order valence-corrected chi connectivity index (χ4v) is 3.08. The van der Waals surface area contributed by atoms with Crippen LogP contribution in [0.4, 0.5) is 0 Å². The van der Waals surface area contributed by atoms with Gasteiger partial charge in [0.2, 0.25) is 0 Å². The van der Waals surface area contributed by atoms with Gasteiger partial charge in [0.05, 0.1) is 10.7 Å². The van der Waals surface area contributed by atoms with E-state index in [1.807, 2.05) is 11.3 Å². The van der Waals surface area contributed by atoms with E-state index < -0.39 is 0 Å². The van der Waals surface area contributed by atoms with Crippen LogP contribution < -0.4 is 0 Å². The maximum Gasteiger partial charge on any atom is 0.0944 e. The lowest BCUT2D eigenvalue weighted by Crippen LogP contribution is -2.14. The van der Waals surface area contributed by atoms with E-state index in [0.29, 0.717) is 5.92 Å². The van der Waals surface area contributed by atoms with Crippen molar-refractivity contribution >= 4 is 27.3 Å². The summed E-state index contributed by atoms with van der Waals surface area (Å²) in [5.74, 6) is 0.530. The third kappa shape index (κ3) is 3.85. The van der Waals surface area contributed by atoms with Crippen LogP contribution in [0.3, 0.4) is 0 Å². The van der Waals surface area contributed by atoms with E-state index in [-0.39, 0.29) is 0 Å². The van der Waals surface area contributed by atoms with Gasteiger partial charge < -0.3 is 4.90 Å². The van der Waals surface area contributed by atoms with Crippen LogP contribution in [0.1, 0.15) is 35.3 Å². The molecule has 4 heteroatoms. The predicted molar refractivity (Wildman–Crippen MR) is 71.1 cm³/mol. The van der Waals surface area contributed by atoms with Crippen LogP contribution in [0.15, 0.2) is 0 Å². The highest BCUT2D eigenvalue weighted by molar-refractivity contribution is 9.08. The molecule has 0 N–H and O–H groups in total. The molecule has 86 valence electrons. The van der Waals surface area contributed by atoms with E-state index in [1.165, 1.54) is 15.6 Å². The molecule has 0 radical (unpaired) electrons. The summed E-state index contributed by atoms with van der Waals surface area (Å²) in [6.45, 7) is 5.49. The van der Waals surface area contributed by atoms with Crippen LogP contribution in [0, 0.1) is 0 Å². The number of likely N-dealkylation sites (N-methyl/N-ethyl adjacent to an activating group) is 1. The molecule has 1 aromatic rings. The Kier molecular flexibility index (Phi) is 5.23. The molecular weight excluding hydrogens is 272 g/mol. The van der Waals surface area contributed by atoms with Gasteiger partial charge in [-0.2, -0.15) is 0 Å². The van der Waals surface area contributed by atoms with Crippen LogP contribution >= 0.6 is 27.3 Å². The van der Waals surface area contributed by atoms with Gasteiger partial charge in [-0.1, -0.05) is 29.8 Å². The zero-order valence-electron chi connectivity index (χ0n) is 9.88. The van der Waals surface area contributed by atoms with Crippen LogP contribution in [-0.4, -0.2) is 30.5 Å². The van der Waals surface area contributed by atoms with Crippen molar-refractivity contribution in [2.75, 3.05) is 20.6 Å². The standard InChI is InChI=1S/C11H19BrN2S/c1-8(2)11-9(7-12)15-10(13-11)5-6-14(3)4/h8H,5-7H2,1-4H3. The second-order valence-corrected chi connectivity index (χ2v) is 5.99. The third-order valence-corrected chi connectivity index (χ3v) is 4.28. The zero-order chi connectivity index (χ0) is 11.4. The molecule has 1 rings (SSSR count). The summed E-state index contributed by atoms with van der Waals surface area (Å²) < 4.78 is 0. The van der Waals surface area contributed by atoms with E-state index in [4.69, 9.17) is 4.98 Å². The van der Waals surface area contributed by atoms with E-state index in [1.54, 1.807) is 0 Å². The molecule has 0 aliphatic heterocycles. The average molecular weight is 291 g/mol. The summed E-state index contributed by atoms with van der Waals surface area (Å²) in [5.41, 5.74) is 1.27. The maximum atomic E-state index is 4.71. The number of nitrogens with zero attached hydrogens (tertiary/aromatic N) is 2. The molecule has 0 unspecified atom stereocenters. The Balaban J connectivity index is 2.74. The number of alkyl halides is 1. The lowest BCUT2D eigenvalue weighted by molar-refractivity contribution is 0.413. The van der Waals surface area contributed by atoms with Crippen LogP contribution in [0.2, 0.25) is 0 Å². The van der Waals surface area contributed by atoms with Gasteiger partial charge in [-0.25, -0.2) is 4.98 Å². The molecule has 0 aromatic carbocycles. The summed E-state index contributed by atoms with van der Waals surface area (Å²) in [6.07, 6.45) is 1.06. The molecule has 0 bridgehead atoms. The first kappa shape index (κ1) is 13.1. The Bertz CT molecular complexity index is 308. The van der Waals surface area contributed by atoms with Gasteiger partial charge in [0, 0.05) is 23.2 Å². The minimum Gasteiger partial charge on any atom is -0.309 e. The quantitative estimate of drug-likeness (QED) is 0.774. The van der Waals surface area contributed by atoms with Gasteiger partial charge >= 0.3 is 0 Å². The number of rotatable bonds is 5. The number of hydrogen-bond donors (Lipinski definition) is 0. The first-order valence-corrected chi connectivity index (χ1v) is 7.17. The molecule has 0 aliphatic carbocycles. The van der Waals surface area contributed by atoms with Gasteiger partial charge in [-0.15, -0.1) is 11.3 Å². The minimum atomic E-state index is 0.530. The molecule has 0 atom stereocenters. The monoisotopic (exact) mass is 290 g/mol. The minimum absolute atomic E-state index is 0.530. The Morgan fingerprint density at radius 2 is 2.07 bits per heavy atom. The molecule has 2 nitrogen and oxygen atoms in total. The van der Waals surface area contributed by atoms with Crippen molar-refractivity contribution in [3.63, 3.8) is 0 Å². The fourth-order valence-electron chi connectivity index (χ4n) is 1.39. The molecule has 0 aliphatic rings. The first-order valence-electron chi connectivity index (χ1n) is 5.23. The van der Waals surface area contributed by atoms with Crippen molar-refractivity contribution in [1.29, 1.82) is 0 Å². The Hall–Kier alpha value is 0.0700. The Morgan fingerprint density at radius 1 is 1.40 bits per heavy atom. The second kappa shape index (κ2) is 5.97. The van der Waals surface area contributed by atoms with Crippen LogP contribution in [0.5, 0.6) is 0 Å². The third-order valence-electron chi connectivity index (χ3n) is 2.21. The van der Waals surface area contributed by atoms with E-state index >= 15 is 0 Å². The summed E-state index contributed by atoms with van der Waals surface area (Å²) in [4.78, 5) is 8.30. The van der Waals surface area contributed by atoms with Crippen LogP contribution in [0.25, 0.3) is 0 Å². The van der Waals surface area contributed by atoms with Gasteiger partial charge in [0.25, 0.3) is 0 Å². The average Bonchev–Trinajstić information content (AvgIpc) is 2.57. The van der Waals surface area contributed by atoms with Crippen molar-refractivity contribution < 1.29 is 0 Å². The molecule has 0 spiro atoms. The molecule has 15 heavy (non-hydrogen) atoms. The van der Waals surface area contributed by atoms with Crippen molar-refractivity contribution in [2.24, 2.45) is 0 Å². The Morgan fingerprint density at radius 3 is 2.47 bits per heavy atom. The summed E-state index contributed by atoms with van der Waals surface area (Å²) in [5, 5.41) is 2.20. The van der Waals surface area contributed by atoms with Crippen molar-refractivity contribution in [1.82, 2.24) is 9.88 Å². The van der Waals surface area contributed by atoms with Crippen LogP contribution in [-0.2, 0) is 11.8 Å². The van der Waals surface area contributed by atoms with E-state index in [0.717, 1.165) is 18.3 Å². The number of halogens is 1. The molecule has 0 amide bonds. The summed E-state index contributed by atoms with van der Waals surface area (Å²) in [6, 6.07) is 0. The topological polar surface area (TPSA) is 16.1 Å². The normalized spacial score (nSPS) is 11.7. The number of hydrogen-bond acceptors (Lipinski definition) is 3. The maximum absolute atomic E-state index is 4.71. The summed E-state index contributed by atoms with van der Waals surface area (Å²) >= 11 is 5.38. The fraction of sp³-hybridized carbons (Fsp3) is 0.727. The van der Waals surface area contributed by atoms with Crippen molar-refractivity contribution in [3.05, 3.63) is 15.6 Å². The highest BCUT2D eigenvalue weighted by Gasteiger charge is 2.12. The van der Waals surface area contributed by atoms with E-state index in [9.17, 15) is 0 Å². The van der Waals surface area contributed by atoms with Crippen molar-refractivity contribution in [3.8, 4) is 0 Å².